The number of phenols is 1. The van der Waals surface area contributed by atoms with Crippen LogP contribution in [0.15, 0.2) is 58.1 Å². The second-order valence-corrected chi connectivity index (χ2v) is 7.51. The zero-order chi connectivity index (χ0) is 19.7. The Balaban J connectivity index is 1.58. The number of fused-ring (bicyclic) bond motifs is 2. The maximum Gasteiger partial charge on any atom is 0.229 e. The monoisotopic (exact) mass is 393 g/mol. The van der Waals surface area contributed by atoms with E-state index < -0.39 is 0 Å². The molecule has 6 heteroatoms. The van der Waals surface area contributed by atoms with Crippen LogP contribution in [-0.2, 0) is 17.6 Å². The molecular weight excluding hydrogens is 374 g/mol. The summed E-state index contributed by atoms with van der Waals surface area (Å²) in [4.78, 5) is 22.0. The lowest BCUT2D eigenvalue weighted by Gasteiger charge is -2.18. The van der Waals surface area contributed by atoms with Gasteiger partial charge in [0.1, 0.15) is 11.6 Å². The average Bonchev–Trinajstić information content (AvgIpc) is 2.80. The first-order valence-electron chi connectivity index (χ1n) is 9.19. The summed E-state index contributed by atoms with van der Waals surface area (Å²) in [5, 5.41) is 13.3. The highest BCUT2D eigenvalue weighted by Crippen LogP contribution is 2.36. The Kier molecular flexibility index (Phi) is 5.01. The van der Waals surface area contributed by atoms with Crippen LogP contribution in [0.2, 0.25) is 5.02 Å². The molecule has 2 N–H and O–H groups in total. The zero-order valence-corrected chi connectivity index (χ0v) is 16.3. The molecule has 142 valence electrons. The maximum absolute atomic E-state index is 12.5. The first kappa shape index (κ1) is 18.4. The Bertz CT molecular complexity index is 1040. The predicted octanol–water partition coefficient (Wildman–Crippen LogP) is 4.28. The summed E-state index contributed by atoms with van der Waals surface area (Å²) in [5.41, 5.74) is 5.55. The van der Waals surface area contributed by atoms with Gasteiger partial charge in [0, 0.05) is 22.7 Å². The number of carbonyl (C=O) groups is 1. The van der Waals surface area contributed by atoms with Gasteiger partial charge in [0.15, 0.2) is 0 Å². The summed E-state index contributed by atoms with van der Waals surface area (Å²) < 4.78 is 0. The summed E-state index contributed by atoms with van der Waals surface area (Å²) in [7, 11) is 0. The van der Waals surface area contributed by atoms with Crippen LogP contribution in [0.25, 0.3) is 5.70 Å². The van der Waals surface area contributed by atoms with Gasteiger partial charge in [-0.15, -0.1) is 0 Å². The van der Waals surface area contributed by atoms with Crippen molar-refractivity contribution in [2.75, 3.05) is 0 Å². The number of halogens is 1. The van der Waals surface area contributed by atoms with E-state index in [0.29, 0.717) is 17.3 Å². The lowest BCUT2D eigenvalue weighted by atomic mass is 9.92. The maximum atomic E-state index is 12.5. The van der Waals surface area contributed by atoms with Gasteiger partial charge in [-0.05, 0) is 61.2 Å². The molecule has 2 aromatic rings. The number of rotatable bonds is 2. The van der Waals surface area contributed by atoms with Gasteiger partial charge in [0.2, 0.25) is 5.91 Å². The van der Waals surface area contributed by atoms with Crippen LogP contribution < -0.4 is 5.32 Å². The van der Waals surface area contributed by atoms with E-state index in [1.807, 2.05) is 25.1 Å². The number of allylic oxidation sites excluding steroid dienone is 1. The molecule has 0 bridgehead atoms. The number of aryl methyl sites for hydroxylation is 1. The van der Waals surface area contributed by atoms with E-state index in [0.717, 1.165) is 46.6 Å². The highest BCUT2D eigenvalue weighted by Gasteiger charge is 2.22. The molecular formula is C22H20ClN3O2. The molecule has 0 aromatic heterocycles. The number of hydrogen-bond acceptors (Lipinski definition) is 4. The first-order valence-corrected chi connectivity index (χ1v) is 9.57. The summed E-state index contributed by atoms with van der Waals surface area (Å²) >= 11 is 5.90. The zero-order valence-electron chi connectivity index (χ0n) is 15.5. The van der Waals surface area contributed by atoms with Gasteiger partial charge >= 0.3 is 0 Å². The number of carbonyl (C=O) groups excluding carboxylic acids is 1. The van der Waals surface area contributed by atoms with Crippen molar-refractivity contribution < 1.29 is 9.90 Å². The Morgan fingerprint density at radius 3 is 2.71 bits per heavy atom. The summed E-state index contributed by atoms with van der Waals surface area (Å²) in [6, 6.07) is 12.6. The molecule has 1 aliphatic carbocycles. The van der Waals surface area contributed by atoms with Crippen molar-refractivity contribution in [3.8, 4) is 5.75 Å². The second-order valence-electron chi connectivity index (χ2n) is 7.07. The molecule has 0 saturated carbocycles. The Morgan fingerprint density at radius 2 is 1.93 bits per heavy atom. The van der Waals surface area contributed by atoms with Crippen LogP contribution in [0.4, 0.5) is 0 Å². The Labute approximate surface area is 168 Å². The Morgan fingerprint density at radius 1 is 1.14 bits per heavy atom. The molecule has 4 rings (SSSR count). The quantitative estimate of drug-likeness (QED) is 0.799. The lowest BCUT2D eigenvalue weighted by Crippen LogP contribution is -2.33. The van der Waals surface area contributed by atoms with Crippen molar-refractivity contribution >= 4 is 34.8 Å². The summed E-state index contributed by atoms with van der Waals surface area (Å²) in [6.45, 7) is 1.94. The lowest BCUT2D eigenvalue weighted by molar-refractivity contribution is -0.119. The molecule has 28 heavy (non-hydrogen) atoms. The number of aliphatic imine (C=N–C) groups is 2. The number of amides is 1. The number of nitrogens with zero attached hydrogens (tertiary/aromatic N) is 2. The third-order valence-electron chi connectivity index (χ3n) is 4.81. The van der Waals surface area contributed by atoms with E-state index in [-0.39, 0.29) is 18.1 Å². The molecule has 5 nitrogen and oxygen atoms in total. The van der Waals surface area contributed by atoms with E-state index in [2.05, 4.69) is 5.32 Å². The van der Waals surface area contributed by atoms with Crippen molar-refractivity contribution in [2.24, 2.45) is 9.98 Å². The van der Waals surface area contributed by atoms with Gasteiger partial charge in [-0.3, -0.25) is 9.79 Å². The number of nitrogens with one attached hydrogen (secondary N) is 1. The van der Waals surface area contributed by atoms with E-state index in [1.165, 1.54) is 0 Å². The average molecular weight is 394 g/mol. The third-order valence-corrected chi connectivity index (χ3v) is 5.06. The molecule has 0 atom stereocenters. The molecule has 0 unspecified atom stereocenters. The second kappa shape index (κ2) is 7.60. The van der Waals surface area contributed by atoms with Crippen LogP contribution in [0.5, 0.6) is 5.75 Å². The first-order chi connectivity index (χ1) is 13.5. The van der Waals surface area contributed by atoms with Gasteiger partial charge in [0.05, 0.1) is 17.8 Å². The molecule has 1 amide bonds. The molecule has 0 saturated heterocycles. The third kappa shape index (κ3) is 3.99. The van der Waals surface area contributed by atoms with Crippen molar-refractivity contribution in [3.05, 3.63) is 69.9 Å². The van der Waals surface area contributed by atoms with Gasteiger partial charge in [-0.25, -0.2) is 4.99 Å². The van der Waals surface area contributed by atoms with Gasteiger partial charge < -0.3 is 10.4 Å². The molecule has 1 heterocycles. The van der Waals surface area contributed by atoms with E-state index in [4.69, 9.17) is 21.6 Å². The molecule has 0 radical (unpaired) electrons. The van der Waals surface area contributed by atoms with Gasteiger partial charge in [-0.2, -0.15) is 0 Å². The number of phenolic OH excluding ortho intramolecular Hbond substituents is 1. The molecule has 1 aliphatic heterocycles. The SMILES string of the molecule is CC1=NC2=C(CCc3cc(O)ccc32)N=C(NC(=O)Cc2ccc(Cl)cc2)C1. The van der Waals surface area contributed by atoms with Gasteiger partial charge in [-0.1, -0.05) is 23.7 Å². The minimum absolute atomic E-state index is 0.112. The Hall–Kier alpha value is -2.92. The molecule has 0 spiro atoms. The minimum Gasteiger partial charge on any atom is -0.508 e. The predicted molar refractivity (Wildman–Crippen MR) is 112 cm³/mol. The van der Waals surface area contributed by atoms with E-state index in [9.17, 15) is 9.90 Å². The normalized spacial score (nSPS) is 15.8. The van der Waals surface area contributed by atoms with Crippen LogP contribution in [-0.4, -0.2) is 22.6 Å². The van der Waals surface area contributed by atoms with Gasteiger partial charge in [0.25, 0.3) is 0 Å². The van der Waals surface area contributed by atoms with Crippen LogP contribution >= 0.6 is 11.6 Å². The van der Waals surface area contributed by atoms with E-state index in [1.54, 1.807) is 24.3 Å². The highest BCUT2D eigenvalue weighted by atomic mass is 35.5. The minimum atomic E-state index is -0.112. The van der Waals surface area contributed by atoms with Crippen molar-refractivity contribution in [2.45, 2.75) is 32.6 Å². The number of benzene rings is 2. The largest absolute Gasteiger partial charge is 0.508 e. The van der Waals surface area contributed by atoms with E-state index >= 15 is 0 Å². The number of amidine groups is 1. The standard InChI is InChI=1S/C22H20ClN3O2/c1-13-10-20(26-21(28)11-14-2-5-16(23)6-3-14)25-19-9-4-15-12-17(27)7-8-18(15)22(19)24-13/h2-3,5-8,12,27H,4,9-11H2,1H3,(H,25,26,28). The summed E-state index contributed by atoms with van der Waals surface area (Å²) in [6.07, 6.45) is 2.26. The highest BCUT2D eigenvalue weighted by molar-refractivity contribution is 6.30. The summed E-state index contributed by atoms with van der Waals surface area (Å²) in [5.74, 6) is 0.766. The van der Waals surface area contributed by atoms with Crippen LogP contribution in [0.1, 0.15) is 36.5 Å². The van der Waals surface area contributed by atoms with Crippen molar-refractivity contribution in [1.29, 1.82) is 0 Å². The van der Waals surface area contributed by atoms with Crippen molar-refractivity contribution in [1.82, 2.24) is 5.32 Å². The van der Waals surface area contributed by atoms with Crippen molar-refractivity contribution in [3.63, 3.8) is 0 Å². The fraction of sp³-hybridized carbons (Fsp3) is 0.227. The number of hydrogen-bond donors (Lipinski definition) is 2. The fourth-order valence-corrected chi connectivity index (χ4v) is 3.64. The van der Waals surface area contributed by atoms with Crippen LogP contribution in [0, 0.1) is 0 Å². The van der Waals surface area contributed by atoms with Crippen LogP contribution in [0.3, 0.4) is 0 Å². The molecule has 2 aromatic carbocycles. The number of aromatic hydroxyl groups is 1. The molecule has 2 aliphatic rings. The topological polar surface area (TPSA) is 74.1 Å². The molecule has 0 fully saturated rings. The smallest absolute Gasteiger partial charge is 0.229 e. The fourth-order valence-electron chi connectivity index (χ4n) is 3.52.